The molecule has 0 aliphatic carbocycles. The van der Waals surface area contributed by atoms with Crippen LogP contribution >= 0.6 is 23.5 Å². The number of nitrogens with zero attached hydrogens (tertiary/aromatic N) is 1. The Kier molecular flexibility index (Phi) is 5.38. The molecule has 0 radical (unpaired) electrons. The molecule has 0 saturated heterocycles. The first-order valence-electron chi connectivity index (χ1n) is 6.77. The van der Waals surface area contributed by atoms with Gasteiger partial charge in [0.25, 0.3) is 5.91 Å². The number of hydrogen-bond donors (Lipinski definition) is 0. The van der Waals surface area contributed by atoms with Crippen molar-refractivity contribution in [2.75, 3.05) is 13.1 Å². The van der Waals surface area contributed by atoms with Gasteiger partial charge in [0.05, 0.1) is 4.24 Å². The van der Waals surface area contributed by atoms with Gasteiger partial charge in [0.1, 0.15) is 0 Å². The molecule has 1 aromatic carbocycles. The number of rotatable bonds is 4. The Morgan fingerprint density at radius 2 is 1.80 bits per heavy atom. The summed E-state index contributed by atoms with van der Waals surface area (Å²) in [6.45, 7) is 7.48. The molecule has 0 unspecified atom stereocenters. The Hall–Kier alpha value is -1.13. The molecule has 4 heteroatoms. The van der Waals surface area contributed by atoms with E-state index < -0.39 is 0 Å². The number of carbonyl (C=O) groups is 1. The Labute approximate surface area is 129 Å². The van der Waals surface area contributed by atoms with E-state index in [4.69, 9.17) is 0 Å². The lowest BCUT2D eigenvalue weighted by atomic mass is 10.2. The summed E-state index contributed by atoms with van der Waals surface area (Å²) < 4.78 is 1.10. The predicted molar refractivity (Wildman–Crippen MR) is 90.2 cm³/mol. The Balaban J connectivity index is 2.14. The van der Waals surface area contributed by atoms with Gasteiger partial charge in [0, 0.05) is 23.6 Å². The molecule has 0 fully saturated rings. The van der Waals surface area contributed by atoms with E-state index in [1.54, 1.807) is 23.5 Å². The molecule has 0 atom stereocenters. The van der Waals surface area contributed by atoms with Crippen LogP contribution in [0.3, 0.4) is 0 Å². The minimum atomic E-state index is 0.146. The van der Waals surface area contributed by atoms with Crippen LogP contribution in [0.2, 0.25) is 0 Å². The van der Waals surface area contributed by atoms with E-state index in [1.807, 2.05) is 43.9 Å². The zero-order valence-corrected chi connectivity index (χ0v) is 13.7. The van der Waals surface area contributed by atoms with Crippen molar-refractivity contribution in [2.45, 2.75) is 20.8 Å². The molecule has 1 aromatic rings. The lowest BCUT2D eigenvalue weighted by Gasteiger charge is -2.19. The van der Waals surface area contributed by atoms with Crippen molar-refractivity contribution >= 4 is 34.3 Å². The van der Waals surface area contributed by atoms with E-state index in [-0.39, 0.29) is 5.91 Å². The van der Waals surface area contributed by atoms with E-state index in [2.05, 4.69) is 17.5 Å². The number of benzene rings is 1. The van der Waals surface area contributed by atoms with Crippen molar-refractivity contribution < 1.29 is 4.79 Å². The topological polar surface area (TPSA) is 20.3 Å². The SMILES string of the molecule is CCN(CC)C(=O)/C(C)=C1\SC=C(c2ccccc2)S1. The van der Waals surface area contributed by atoms with Crippen LogP contribution in [0.5, 0.6) is 0 Å². The van der Waals surface area contributed by atoms with Crippen LogP contribution in [0.15, 0.2) is 45.6 Å². The summed E-state index contributed by atoms with van der Waals surface area (Å²) in [6, 6.07) is 10.3. The highest BCUT2D eigenvalue weighted by Gasteiger charge is 2.21. The molecule has 20 heavy (non-hydrogen) atoms. The Bertz CT molecular complexity index is 545. The molecule has 1 heterocycles. The van der Waals surface area contributed by atoms with Gasteiger partial charge in [-0.2, -0.15) is 0 Å². The lowest BCUT2D eigenvalue weighted by molar-refractivity contribution is -0.126. The second-order valence-corrected chi connectivity index (χ2v) is 6.65. The summed E-state index contributed by atoms with van der Waals surface area (Å²) in [7, 11) is 0. The molecule has 0 N–H and O–H groups in total. The summed E-state index contributed by atoms with van der Waals surface area (Å²) >= 11 is 3.35. The van der Waals surface area contributed by atoms with Crippen molar-refractivity contribution in [3.63, 3.8) is 0 Å². The number of amides is 1. The third-order valence-electron chi connectivity index (χ3n) is 3.21. The highest BCUT2D eigenvalue weighted by Crippen LogP contribution is 2.49. The maximum Gasteiger partial charge on any atom is 0.251 e. The number of carbonyl (C=O) groups excluding carboxylic acids is 1. The van der Waals surface area contributed by atoms with E-state index in [1.165, 1.54) is 10.5 Å². The van der Waals surface area contributed by atoms with Gasteiger partial charge in [-0.05, 0) is 31.7 Å². The smallest absolute Gasteiger partial charge is 0.251 e. The molecular weight excluding hydrogens is 286 g/mol. The molecule has 1 amide bonds. The van der Waals surface area contributed by atoms with Crippen LogP contribution in [0.4, 0.5) is 0 Å². The summed E-state index contributed by atoms with van der Waals surface area (Å²) in [6.07, 6.45) is 0. The van der Waals surface area contributed by atoms with Crippen LogP contribution in [-0.4, -0.2) is 23.9 Å². The summed E-state index contributed by atoms with van der Waals surface area (Å²) in [4.78, 5) is 15.4. The highest BCUT2D eigenvalue weighted by atomic mass is 32.2. The first-order chi connectivity index (χ1) is 9.67. The maximum absolute atomic E-state index is 12.4. The summed E-state index contributed by atoms with van der Waals surface area (Å²) in [5.74, 6) is 0.146. The first-order valence-corrected chi connectivity index (χ1v) is 8.47. The monoisotopic (exact) mass is 305 g/mol. The first kappa shape index (κ1) is 15.3. The van der Waals surface area contributed by atoms with Crippen LogP contribution in [-0.2, 0) is 4.79 Å². The van der Waals surface area contributed by atoms with Gasteiger partial charge in [-0.3, -0.25) is 4.79 Å². The minimum absolute atomic E-state index is 0.146. The zero-order chi connectivity index (χ0) is 14.5. The molecule has 1 aliphatic heterocycles. The summed E-state index contributed by atoms with van der Waals surface area (Å²) in [5.41, 5.74) is 2.06. The van der Waals surface area contributed by atoms with Crippen molar-refractivity contribution in [1.29, 1.82) is 0 Å². The number of thioether (sulfide) groups is 2. The Morgan fingerprint density at radius 3 is 2.40 bits per heavy atom. The number of hydrogen-bond acceptors (Lipinski definition) is 3. The van der Waals surface area contributed by atoms with E-state index >= 15 is 0 Å². The normalized spacial score (nSPS) is 16.9. The minimum Gasteiger partial charge on any atom is -0.339 e. The van der Waals surface area contributed by atoms with Gasteiger partial charge in [-0.25, -0.2) is 0 Å². The van der Waals surface area contributed by atoms with Crippen LogP contribution < -0.4 is 0 Å². The van der Waals surface area contributed by atoms with Gasteiger partial charge in [-0.1, -0.05) is 53.9 Å². The highest BCUT2D eigenvalue weighted by molar-refractivity contribution is 8.31. The fraction of sp³-hybridized carbons (Fsp3) is 0.312. The lowest BCUT2D eigenvalue weighted by Crippen LogP contribution is -2.31. The molecule has 0 saturated carbocycles. The molecule has 0 bridgehead atoms. The second-order valence-electron chi connectivity index (χ2n) is 4.46. The van der Waals surface area contributed by atoms with Crippen molar-refractivity contribution in [3.05, 3.63) is 51.1 Å². The van der Waals surface area contributed by atoms with E-state index in [9.17, 15) is 4.79 Å². The van der Waals surface area contributed by atoms with Gasteiger partial charge >= 0.3 is 0 Å². The van der Waals surface area contributed by atoms with Crippen molar-refractivity contribution in [1.82, 2.24) is 4.90 Å². The van der Waals surface area contributed by atoms with Gasteiger partial charge in [0.2, 0.25) is 0 Å². The van der Waals surface area contributed by atoms with E-state index in [0.29, 0.717) is 0 Å². The molecule has 0 aromatic heterocycles. The molecular formula is C16H19NOS2. The largest absolute Gasteiger partial charge is 0.339 e. The Morgan fingerprint density at radius 1 is 1.15 bits per heavy atom. The van der Waals surface area contributed by atoms with Gasteiger partial charge in [-0.15, -0.1) is 0 Å². The van der Waals surface area contributed by atoms with Crippen LogP contribution in [0.25, 0.3) is 4.91 Å². The fourth-order valence-corrected chi connectivity index (χ4v) is 4.24. The third-order valence-corrected chi connectivity index (χ3v) is 5.84. The van der Waals surface area contributed by atoms with E-state index in [0.717, 1.165) is 22.9 Å². The third kappa shape index (κ3) is 3.30. The average Bonchev–Trinajstić information content (AvgIpc) is 2.98. The molecule has 106 valence electrons. The average molecular weight is 305 g/mol. The molecule has 0 spiro atoms. The zero-order valence-electron chi connectivity index (χ0n) is 12.1. The summed E-state index contributed by atoms with van der Waals surface area (Å²) in [5, 5.41) is 2.13. The maximum atomic E-state index is 12.4. The second kappa shape index (κ2) is 7.04. The van der Waals surface area contributed by atoms with Crippen LogP contribution in [0, 0.1) is 0 Å². The quantitative estimate of drug-likeness (QED) is 0.760. The molecule has 1 aliphatic rings. The number of likely N-dealkylation sites (N-methyl/N-ethyl adjacent to an activating group) is 1. The standard InChI is InChI=1S/C16H19NOS2/c1-4-17(5-2)15(18)12(3)16-19-11-14(20-16)13-9-7-6-8-10-13/h6-11H,4-5H2,1-3H3/b16-12+. The van der Waals surface area contributed by atoms with Gasteiger partial charge in [0.15, 0.2) is 0 Å². The molecule has 2 nitrogen and oxygen atoms in total. The van der Waals surface area contributed by atoms with Crippen molar-refractivity contribution in [2.24, 2.45) is 0 Å². The predicted octanol–water partition coefficient (Wildman–Crippen LogP) is 4.56. The van der Waals surface area contributed by atoms with Crippen molar-refractivity contribution in [3.8, 4) is 0 Å². The van der Waals surface area contributed by atoms with Gasteiger partial charge < -0.3 is 4.90 Å². The van der Waals surface area contributed by atoms with Crippen LogP contribution in [0.1, 0.15) is 26.3 Å². The molecule has 2 rings (SSSR count). The fourth-order valence-electron chi connectivity index (χ4n) is 1.98.